The summed E-state index contributed by atoms with van der Waals surface area (Å²) in [6.07, 6.45) is 8.74. The first kappa shape index (κ1) is 15.3. The van der Waals surface area contributed by atoms with Gasteiger partial charge in [-0.1, -0.05) is 33.6 Å². The molecule has 2 nitrogen and oxygen atoms in total. The molecule has 2 fully saturated rings. The Hall–Kier alpha value is -0.0800. The molecule has 0 amide bonds. The first-order valence-corrected chi connectivity index (χ1v) is 8.59. The first-order chi connectivity index (χ1) is 9.13. The fraction of sp³-hybridized carbons (Fsp3) is 1.00. The summed E-state index contributed by atoms with van der Waals surface area (Å²) in [5.74, 6) is 2.85. The molecule has 1 saturated heterocycles. The van der Waals surface area contributed by atoms with Crippen LogP contribution in [-0.4, -0.2) is 37.1 Å². The first-order valence-electron chi connectivity index (χ1n) is 8.59. The average Bonchev–Trinajstić information content (AvgIpc) is 2.37. The predicted molar refractivity (Wildman–Crippen MR) is 83.4 cm³/mol. The highest BCUT2D eigenvalue weighted by atomic mass is 15.1. The molecule has 3 atom stereocenters. The van der Waals surface area contributed by atoms with Gasteiger partial charge in [0.15, 0.2) is 0 Å². The molecule has 2 heteroatoms. The Morgan fingerprint density at radius 3 is 2.63 bits per heavy atom. The van der Waals surface area contributed by atoms with Crippen molar-refractivity contribution in [3.8, 4) is 0 Å². The highest BCUT2D eigenvalue weighted by Gasteiger charge is 2.25. The molecule has 1 aliphatic carbocycles. The van der Waals surface area contributed by atoms with Crippen LogP contribution in [0.5, 0.6) is 0 Å². The van der Waals surface area contributed by atoms with Crippen molar-refractivity contribution in [2.45, 2.75) is 65.3 Å². The van der Waals surface area contributed by atoms with Crippen LogP contribution in [0.2, 0.25) is 0 Å². The van der Waals surface area contributed by atoms with Crippen LogP contribution in [0, 0.1) is 17.8 Å². The molecule has 1 saturated carbocycles. The second kappa shape index (κ2) is 7.64. The van der Waals surface area contributed by atoms with Gasteiger partial charge in [-0.3, -0.25) is 0 Å². The Morgan fingerprint density at radius 2 is 1.89 bits per heavy atom. The SMILES string of the molecule is CC1CCCC(CN2CCCC(CNC(C)C)C2)C1. The van der Waals surface area contributed by atoms with E-state index in [2.05, 4.69) is 31.0 Å². The van der Waals surface area contributed by atoms with Crippen molar-refractivity contribution in [3.05, 3.63) is 0 Å². The minimum absolute atomic E-state index is 0.634. The second-order valence-corrected chi connectivity index (χ2v) is 7.47. The zero-order valence-corrected chi connectivity index (χ0v) is 13.3. The van der Waals surface area contributed by atoms with Gasteiger partial charge in [-0.05, 0) is 56.5 Å². The highest BCUT2D eigenvalue weighted by molar-refractivity contribution is 4.79. The minimum Gasteiger partial charge on any atom is -0.314 e. The molecule has 112 valence electrons. The van der Waals surface area contributed by atoms with E-state index in [1.54, 1.807) is 0 Å². The number of likely N-dealkylation sites (tertiary alicyclic amines) is 1. The molecule has 3 unspecified atom stereocenters. The van der Waals surface area contributed by atoms with E-state index in [4.69, 9.17) is 0 Å². The third kappa shape index (κ3) is 5.43. The molecule has 2 aliphatic rings. The maximum atomic E-state index is 3.62. The molecular formula is C17H34N2. The molecule has 0 aromatic carbocycles. The molecule has 2 rings (SSSR count). The number of hydrogen-bond acceptors (Lipinski definition) is 2. The van der Waals surface area contributed by atoms with Crippen LogP contribution in [0.1, 0.15) is 59.3 Å². The fourth-order valence-electron chi connectivity index (χ4n) is 3.98. The number of nitrogens with zero attached hydrogens (tertiary/aromatic N) is 1. The summed E-state index contributed by atoms with van der Waals surface area (Å²) in [7, 11) is 0. The van der Waals surface area contributed by atoms with Gasteiger partial charge in [0, 0.05) is 19.1 Å². The summed E-state index contributed by atoms with van der Waals surface area (Å²) in [4.78, 5) is 2.76. The zero-order chi connectivity index (χ0) is 13.7. The van der Waals surface area contributed by atoms with E-state index in [9.17, 15) is 0 Å². The van der Waals surface area contributed by atoms with Crippen LogP contribution >= 0.6 is 0 Å². The van der Waals surface area contributed by atoms with Crippen molar-refractivity contribution in [1.29, 1.82) is 0 Å². The smallest absolute Gasteiger partial charge is 0.00219 e. The van der Waals surface area contributed by atoms with E-state index in [0.29, 0.717) is 6.04 Å². The summed E-state index contributed by atoms with van der Waals surface area (Å²) in [5.41, 5.74) is 0. The average molecular weight is 266 g/mol. The van der Waals surface area contributed by atoms with E-state index in [0.717, 1.165) is 17.8 Å². The van der Waals surface area contributed by atoms with Crippen molar-refractivity contribution >= 4 is 0 Å². The lowest BCUT2D eigenvalue weighted by Gasteiger charge is -2.37. The highest BCUT2D eigenvalue weighted by Crippen LogP contribution is 2.30. The Balaban J connectivity index is 1.71. The second-order valence-electron chi connectivity index (χ2n) is 7.47. The Labute approximate surface area is 120 Å². The van der Waals surface area contributed by atoms with Crippen LogP contribution in [0.3, 0.4) is 0 Å². The van der Waals surface area contributed by atoms with Gasteiger partial charge in [0.1, 0.15) is 0 Å². The third-order valence-electron chi connectivity index (χ3n) is 4.98. The topological polar surface area (TPSA) is 15.3 Å². The van der Waals surface area contributed by atoms with Gasteiger partial charge >= 0.3 is 0 Å². The molecule has 0 bridgehead atoms. The van der Waals surface area contributed by atoms with Crippen LogP contribution in [0.15, 0.2) is 0 Å². The fourth-order valence-corrected chi connectivity index (χ4v) is 3.98. The van der Waals surface area contributed by atoms with Crippen LogP contribution in [-0.2, 0) is 0 Å². The van der Waals surface area contributed by atoms with Crippen LogP contribution in [0.25, 0.3) is 0 Å². The van der Waals surface area contributed by atoms with Crippen molar-refractivity contribution in [3.63, 3.8) is 0 Å². The van der Waals surface area contributed by atoms with E-state index in [1.165, 1.54) is 64.7 Å². The largest absolute Gasteiger partial charge is 0.314 e. The maximum Gasteiger partial charge on any atom is 0.00219 e. The third-order valence-corrected chi connectivity index (χ3v) is 4.98. The van der Waals surface area contributed by atoms with Crippen molar-refractivity contribution in [2.24, 2.45) is 17.8 Å². The van der Waals surface area contributed by atoms with Crippen molar-refractivity contribution in [1.82, 2.24) is 10.2 Å². The van der Waals surface area contributed by atoms with Gasteiger partial charge in [0.05, 0.1) is 0 Å². The number of nitrogens with one attached hydrogen (secondary N) is 1. The van der Waals surface area contributed by atoms with Gasteiger partial charge in [-0.15, -0.1) is 0 Å². The quantitative estimate of drug-likeness (QED) is 0.819. The zero-order valence-electron chi connectivity index (χ0n) is 13.3. The summed E-state index contributed by atoms with van der Waals surface area (Å²) >= 11 is 0. The standard InChI is InChI=1S/C17H34N2/c1-14(2)18-11-17-8-5-9-19(13-17)12-16-7-4-6-15(3)10-16/h14-18H,4-13H2,1-3H3. The lowest BCUT2D eigenvalue weighted by molar-refractivity contribution is 0.126. The molecule has 19 heavy (non-hydrogen) atoms. The molecule has 0 aromatic heterocycles. The van der Waals surface area contributed by atoms with Gasteiger partial charge in [-0.25, -0.2) is 0 Å². The molecule has 0 radical (unpaired) electrons. The minimum atomic E-state index is 0.634. The number of rotatable bonds is 5. The lowest BCUT2D eigenvalue weighted by Crippen LogP contribution is -2.43. The summed E-state index contributed by atoms with van der Waals surface area (Å²) in [5, 5.41) is 3.62. The number of hydrogen-bond donors (Lipinski definition) is 1. The van der Waals surface area contributed by atoms with E-state index in [1.807, 2.05) is 0 Å². The van der Waals surface area contributed by atoms with Gasteiger partial charge in [0.2, 0.25) is 0 Å². The Kier molecular flexibility index (Phi) is 6.15. The monoisotopic (exact) mass is 266 g/mol. The van der Waals surface area contributed by atoms with Gasteiger partial charge in [-0.2, -0.15) is 0 Å². The van der Waals surface area contributed by atoms with Gasteiger partial charge in [0.25, 0.3) is 0 Å². The van der Waals surface area contributed by atoms with Gasteiger partial charge < -0.3 is 10.2 Å². The molecule has 0 spiro atoms. The Morgan fingerprint density at radius 1 is 1.11 bits per heavy atom. The summed E-state index contributed by atoms with van der Waals surface area (Å²) in [6.45, 7) is 12.2. The molecule has 1 N–H and O–H groups in total. The molecular weight excluding hydrogens is 232 g/mol. The van der Waals surface area contributed by atoms with E-state index >= 15 is 0 Å². The van der Waals surface area contributed by atoms with Crippen LogP contribution in [0.4, 0.5) is 0 Å². The van der Waals surface area contributed by atoms with E-state index < -0.39 is 0 Å². The predicted octanol–water partition coefficient (Wildman–Crippen LogP) is 3.52. The molecule has 0 aromatic rings. The summed E-state index contributed by atoms with van der Waals surface area (Å²) < 4.78 is 0. The van der Waals surface area contributed by atoms with Crippen molar-refractivity contribution in [2.75, 3.05) is 26.2 Å². The molecule has 1 heterocycles. The lowest BCUT2D eigenvalue weighted by atomic mass is 9.82. The maximum absolute atomic E-state index is 3.62. The van der Waals surface area contributed by atoms with Crippen molar-refractivity contribution < 1.29 is 0 Å². The van der Waals surface area contributed by atoms with E-state index in [-0.39, 0.29) is 0 Å². The number of piperidine rings is 1. The van der Waals surface area contributed by atoms with Crippen LogP contribution < -0.4 is 5.32 Å². The molecule has 1 aliphatic heterocycles. The summed E-state index contributed by atoms with van der Waals surface area (Å²) in [6, 6.07) is 0.634. The Bertz CT molecular complexity index is 252. The normalized spacial score (nSPS) is 33.8.